The summed E-state index contributed by atoms with van der Waals surface area (Å²) < 4.78 is 5.38. The molecule has 2 aromatic rings. The molecule has 3 amide bonds. The van der Waals surface area contributed by atoms with Crippen molar-refractivity contribution in [3.05, 3.63) is 67.8 Å². The number of nitrogens with one attached hydrogen (secondary N) is 3. The molecule has 0 bridgehead atoms. The molecule has 2 aromatic carbocycles. The number of aliphatic hydroxyl groups is 1. The summed E-state index contributed by atoms with van der Waals surface area (Å²) >= 11 is 0. The highest BCUT2D eigenvalue weighted by molar-refractivity contribution is 5.99. The highest BCUT2D eigenvalue weighted by atomic mass is 16.5. The van der Waals surface area contributed by atoms with Gasteiger partial charge in [-0.3, -0.25) is 19.2 Å². The molecule has 0 aliphatic heterocycles. The van der Waals surface area contributed by atoms with Crippen molar-refractivity contribution in [2.24, 2.45) is 5.92 Å². The molecule has 0 spiro atoms. The lowest BCUT2D eigenvalue weighted by molar-refractivity contribution is -0.146. The standard InChI is InChI=1S/C33H43N3O6/c1-3-5-6-7-15-30(39)42-22-28(32(41)34-27-17-16-24-13-8-9-14-25(24)20-27)35-31(40)26(12-4-2)21-29(38)36-33(23-37)18-10-11-19-33/h3-4,8-9,13-14,16-17,20,26,28,37H,1-2,5-7,10-12,15,18-19,21-23H2,(H,34,41)(H,35,40)(H,36,38). The van der Waals surface area contributed by atoms with E-state index < -0.39 is 35.3 Å². The first kappa shape index (κ1) is 32.5. The Hall–Kier alpha value is -3.98. The van der Waals surface area contributed by atoms with Crippen LogP contribution in [0, 0.1) is 5.92 Å². The zero-order valence-corrected chi connectivity index (χ0v) is 24.2. The summed E-state index contributed by atoms with van der Waals surface area (Å²) in [6, 6.07) is 12.0. The number of carbonyl (C=O) groups excluding carboxylic acids is 4. The average molecular weight is 578 g/mol. The Labute approximate surface area is 247 Å². The maximum Gasteiger partial charge on any atom is 0.305 e. The van der Waals surface area contributed by atoms with Gasteiger partial charge in [-0.25, -0.2) is 0 Å². The zero-order chi connectivity index (χ0) is 30.4. The van der Waals surface area contributed by atoms with Crippen molar-refractivity contribution >= 4 is 40.2 Å². The largest absolute Gasteiger partial charge is 0.463 e. The van der Waals surface area contributed by atoms with Gasteiger partial charge in [0.1, 0.15) is 12.6 Å². The topological polar surface area (TPSA) is 134 Å². The molecule has 0 radical (unpaired) electrons. The van der Waals surface area contributed by atoms with E-state index >= 15 is 0 Å². The molecule has 0 saturated heterocycles. The van der Waals surface area contributed by atoms with E-state index in [9.17, 15) is 24.3 Å². The van der Waals surface area contributed by atoms with Gasteiger partial charge < -0.3 is 25.8 Å². The first-order chi connectivity index (χ1) is 20.3. The van der Waals surface area contributed by atoms with E-state index in [1.165, 1.54) is 0 Å². The van der Waals surface area contributed by atoms with E-state index in [0.29, 0.717) is 24.9 Å². The molecule has 4 N–H and O–H groups in total. The number of ether oxygens (including phenoxy) is 1. The van der Waals surface area contributed by atoms with Crippen molar-refractivity contribution in [2.75, 3.05) is 18.5 Å². The van der Waals surface area contributed by atoms with E-state index in [-0.39, 0.29) is 38.4 Å². The lowest BCUT2D eigenvalue weighted by Crippen LogP contribution is -2.51. The number of rotatable bonds is 17. The number of hydrogen-bond donors (Lipinski definition) is 4. The third-order valence-electron chi connectivity index (χ3n) is 7.62. The van der Waals surface area contributed by atoms with Crippen LogP contribution in [-0.4, -0.2) is 53.6 Å². The van der Waals surface area contributed by atoms with Crippen LogP contribution in [0.15, 0.2) is 67.8 Å². The molecule has 9 nitrogen and oxygen atoms in total. The van der Waals surface area contributed by atoms with Crippen LogP contribution in [-0.2, 0) is 23.9 Å². The molecule has 1 aliphatic carbocycles. The number of esters is 1. The highest BCUT2D eigenvalue weighted by Crippen LogP contribution is 2.29. The Morgan fingerprint density at radius 1 is 0.976 bits per heavy atom. The van der Waals surface area contributed by atoms with Crippen molar-refractivity contribution < 1.29 is 29.0 Å². The molecule has 1 saturated carbocycles. The number of unbranched alkanes of at least 4 members (excludes halogenated alkanes) is 2. The van der Waals surface area contributed by atoms with Gasteiger partial charge in [-0.2, -0.15) is 0 Å². The van der Waals surface area contributed by atoms with Crippen LogP contribution in [0.2, 0.25) is 0 Å². The Balaban J connectivity index is 1.69. The Kier molecular flexibility index (Phi) is 12.7. The summed E-state index contributed by atoms with van der Waals surface area (Å²) in [7, 11) is 0. The third-order valence-corrected chi connectivity index (χ3v) is 7.62. The summed E-state index contributed by atoms with van der Waals surface area (Å²) in [5, 5.41) is 20.2. The molecule has 2 atom stereocenters. The van der Waals surface area contributed by atoms with Crippen molar-refractivity contribution in [1.29, 1.82) is 0 Å². The minimum Gasteiger partial charge on any atom is -0.463 e. The number of benzene rings is 2. The maximum absolute atomic E-state index is 13.4. The number of carbonyl (C=O) groups is 4. The molecule has 2 unspecified atom stereocenters. The van der Waals surface area contributed by atoms with Gasteiger partial charge in [0.25, 0.3) is 5.91 Å². The maximum atomic E-state index is 13.4. The number of amides is 3. The van der Waals surface area contributed by atoms with E-state index in [4.69, 9.17) is 4.74 Å². The number of anilines is 1. The quantitative estimate of drug-likeness (QED) is 0.124. The van der Waals surface area contributed by atoms with Gasteiger partial charge in [0.2, 0.25) is 11.8 Å². The van der Waals surface area contributed by atoms with E-state index in [1.807, 2.05) is 36.4 Å². The molecule has 1 fully saturated rings. The van der Waals surface area contributed by atoms with Crippen LogP contribution in [0.5, 0.6) is 0 Å². The molecule has 0 heterocycles. The molecule has 9 heteroatoms. The van der Waals surface area contributed by atoms with Crippen molar-refractivity contribution in [1.82, 2.24) is 10.6 Å². The summed E-state index contributed by atoms with van der Waals surface area (Å²) in [5.41, 5.74) is -0.129. The SMILES string of the molecule is C=CCCCCC(=O)OCC(NC(=O)C(CC=C)CC(=O)NC1(CO)CCCC1)C(=O)Nc1ccc2ccccc2c1. The molecule has 0 aromatic heterocycles. The van der Waals surface area contributed by atoms with E-state index in [0.717, 1.165) is 36.5 Å². The fourth-order valence-corrected chi connectivity index (χ4v) is 5.20. The Morgan fingerprint density at radius 3 is 2.40 bits per heavy atom. The Morgan fingerprint density at radius 2 is 1.71 bits per heavy atom. The van der Waals surface area contributed by atoms with Gasteiger partial charge in [0.15, 0.2) is 0 Å². The predicted octanol–water partition coefficient (Wildman–Crippen LogP) is 4.56. The lowest BCUT2D eigenvalue weighted by atomic mass is 9.95. The normalized spacial score (nSPS) is 15.3. The summed E-state index contributed by atoms with van der Waals surface area (Å²) in [6.45, 7) is 6.87. The molecule has 1 aliphatic rings. The fraction of sp³-hybridized carbons (Fsp3) is 0.455. The van der Waals surface area contributed by atoms with Gasteiger partial charge in [-0.05, 0) is 61.4 Å². The predicted molar refractivity (Wildman–Crippen MR) is 163 cm³/mol. The van der Waals surface area contributed by atoms with Crippen LogP contribution in [0.1, 0.15) is 64.2 Å². The van der Waals surface area contributed by atoms with Gasteiger partial charge in [0.05, 0.1) is 18.1 Å². The van der Waals surface area contributed by atoms with Crippen molar-refractivity contribution in [3.63, 3.8) is 0 Å². The lowest BCUT2D eigenvalue weighted by Gasteiger charge is -2.29. The summed E-state index contributed by atoms with van der Waals surface area (Å²) in [5.74, 6) is -2.70. The fourth-order valence-electron chi connectivity index (χ4n) is 5.20. The summed E-state index contributed by atoms with van der Waals surface area (Å²) in [4.78, 5) is 52.0. The third kappa shape index (κ3) is 9.83. The van der Waals surface area contributed by atoms with Crippen LogP contribution in [0.4, 0.5) is 5.69 Å². The second-order valence-corrected chi connectivity index (χ2v) is 10.9. The summed E-state index contributed by atoms with van der Waals surface area (Å²) in [6.07, 6.45) is 8.98. The number of hydrogen-bond acceptors (Lipinski definition) is 6. The van der Waals surface area contributed by atoms with Gasteiger partial charge in [-0.15, -0.1) is 13.2 Å². The van der Waals surface area contributed by atoms with E-state index in [2.05, 4.69) is 29.1 Å². The minimum atomic E-state index is -1.19. The smallest absolute Gasteiger partial charge is 0.305 e. The molecule has 42 heavy (non-hydrogen) atoms. The molecule has 3 rings (SSSR count). The first-order valence-corrected chi connectivity index (χ1v) is 14.7. The minimum absolute atomic E-state index is 0.137. The zero-order valence-electron chi connectivity index (χ0n) is 24.2. The second kappa shape index (κ2) is 16.5. The first-order valence-electron chi connectivity index (χ1n) is 14.7. The van der Waals surface area contributed by atoms with Crippen LogP contribution in [0.25, 0.3) is 10.8 Å². The van der Waals surface area contributed by atoms with E-state index in [1.54, 1.807) is 18.2 Å². The second-order valence-electron chi connectivity index (χ2n) is 10.9. The molecular weight excluding hydrogens is 534 g/mol. The van der Waals surface area contributed by atoms with Crippen molar-refractivity contribution in [2.45, 2.75) is 75.8 Å². The number of fused-ring (bicyclic) bond motifs is 1. The van der Waals surface area contributed by atoms with Crippen LogP contribution < -0.4 is 16.0 Å². The van der Waals surface area contributed by atoms with Gasteiger partial charge >= 0.3 is 5.97 Å². The molecular formula is C33H43N3O6. The highest BCUT2D eigenvalue weighted by Gasteiger charge is 2.36. The molecule has 226 valence electrons. The van der Waals surface area contributed by atoms with Gasteiger partial charge in [0, 0.05) is 18.5 Å². The number of aliphatic hydroxyl groups excluding tert-OH is 1. The number of allylic oxidation sites excluding steroid dienone is 2. The van der Waals surface area contributed by atoms with Crippen LogP contribution >= 0.6 is 0 Å². The van der Waals surface area contributed by atoms with Crippen LogP contribution in [0.3, 0.4) is 0 Å². The van der Waals surface area contributed by atoms with Gasteiger partial charge in [-0.1, -0.05) is 55.3 Å². The Bertz CT molecular complexity index is 1250. The van der Waals surface area contributed by atoms with Crippen molar-refractivity contribution in [3.8, 4) is 0 Å². The monoisotopic (exact) mass is 577 g/mol. The average Bonchev–Trinajstić information content (AvgIpc) is 3.45.